The molecule has 23 heavy (non-hydrogen) atoms. The summed E-state index contributed by atoms with van der Waals surface area (Å²) in [7, 11) is 1.63. The van der Waals surface area contributed by atoms with Crippen LogP contribution in [-0.2, 0) is 17.6 Å². The molecule has 122 valence electrons. The summed E-state index contributed by atoms with van der Waals surface area (Å²) in [6, 6.07) is 15.3. The maximum atomic E-state index is 11.6. The van der Waals surface area contributed by atoms with E-state index in [1.807, 2.05) is 48.5 Å². The van der Waals surface area contributed by atoms with Crippen LogP contribution >= 0.6 is 11.6 Å². The highest BCUT2D eigenvalue weighted by molar-refractivity contribution is 6.30. The second-order valence-corrected chi connectivity index (χ2v) is 5.48. The van der Waals surface area contributed by atoms with Gasteiger partial charge in [-0.3, -0.25) is 0 Å². The third-order valence-electron chi connectivity index (χ3n) is 3.35. The molecule has 0 unspecified atom stereocenters. The van der Waals surface area contributed by atoms with Gasteiger partial charge in [0, 0.05) is 18.0 Å². The summed E-state index contributed by atoms with van der Waals surface area (Å²) in [6.45, 7) is 0.858. The molecule has 1 amide bonds. The number of benzene rings is 2. The topological polar surface area (TPSA) is 47.6 Å². The number of methoxy groups -OCH3 is 1. The molecule has 0 spiro atoms. The Labute approximate surface area is 141 Å². The zero-order chi connectivity index (χ0) is 16.5. The van der Waals surface area contributed by atoms with E-state index in [0.29, 0.717) is 24.6 Å². The Morgan fingerprint density at radius 3 is 2.57 bits per heavy atom. The molecule has 5 heteroatoms. The smallest absolute Gasteiger partial charge is 0.407 e. The van der Waals surface area contributed by atoms with Crippen molar-refractivity contribution in [2.75, 3.05) is 20.3 Å². The Morgan fingerprint density at radius 2 is 1.87 bits per heavy atom. The van der Waals surface area contributed by atoms with Gasteiger partial charge in [-0.15, -0.1) is 0 Å². The Balaban J connectivity index is 1.63. The fourth-order valence-electron chi connectivity index (χ4n) is 2.11. The lowest BCUT2D eigenvalue weighted by atomic mass is 10.1. The van der Waals surface area contributed by atoms with Gasteiger partial charge < -0.3 is 14.8 Å². The van der Waals surface area contributed by atoms with E-state index < -0.39 is 6.09 Å². The van der Waals surface area contributed by atoms with Gasteiger partial charge in [0.05, 0.1) is 13.7 Å². The maximum absolute atomic E-state index is 11.6. The molecule has 2 rings (SSSR count). The highest BCUT2D eigenvalue weighted by Crippen LogP contribution is 2.12. The van der Waals surface area contributed by atoms with Gasteiger partial charge in [-0.25, -0.2) is 4.79 Å². The first-order valence-corrected chi connectivity index (χ1v) is 7.83. The van der Waals surface area contributed by atoms with E-state index in [1.54, 1.807) is 7.11 Å². The van der Waals surface area contributed by atoms with Crippen molar-refractivity contribution in [3.05, 3.63) is 64.7 Å². The van der Waals surface area contributed by atoms with Gasteiger partial charge in [0.25, 0.3) is 0 Å². The van der Waals surface area contributed by atoms with Crippen LogP contribution in [0.25, 0.3) is 0 Å². The summed E-state index contributed by atoms with van der Waals surface area (Å²) >= 11 is 5.90. The molecule has 4 nitrogen and oxygen atoms in total. The van der Waals surface area contributed by atoms with Gasteiger partial charge in [-0.05, 0) is 41.8 Å². The normalized spacial score (nSPS) is 10.2. The van der Waals surface area contributed by atoms with E-state index in [1.165, 1.54) is 0 Å². The van der Waals surface area contributed by atoms with Crippen LogP contribution in [0.4, 0.5) is 4.79 Å². The molecule has 2 aromatic carbocycles. The van der Waals surface area contributed by atoms with Gasteiger partial charge in [-0.1, -0.05) is 35.9 Å². The second-order valence-electron chi connectivity index (χ2n) is 5.04. The van der Waals surface area contributed by atoms with E-state index in [-0.39, 0.29) is 0 Å². The standard InChI is InChI=1S/C18H20ClNO3/c1-22-17-7-5-14(6-8-17)9-11-20-18(21)23-12-10-15-3-2-4-16(19)13-15/h2-8,13H,9-12H2,1H3,(H,20,21). The van der Waals surface area contributed by atoms with Crippen LogP contribution in [0.3, 0.4) is 0 Å². The van der Waals surface area contributed by atoms with Gasteiger partial charge >= 0.3 is 6.09 Å². The fraction of sp³-hybridized carbons (Fsp3) is 0.278. The summed E-state index contributed by atoms with van der Waals surface area (Å²) in [4.78, 5) is 11.6. The molecule has 0 saturated heterocycles. The monoisotopic (exact) mass is 333 g/mol. The molecule has 0 heterocycles. The van der Waals surface area contributed by atoms with Crippen LogP contribution < -0.4 is 10.1 Å². The Morgan fingerprint density at radius 1 is 1.09 bits per heavy atom. The van der Waals surface area contributed by atoms with Crippen LogP contribution in [0, 0.1) is 0 Å². The molecule has 0 aliphatic rings. The van der Waals surface area contributed by atoms with Crippen LogP contribution in [0.15, 0.2) is 48.5 Å². The maximum Gasteiger partial charge on any atom is 0.407 e. The lowest BCUT2D eigenvalue weighted by molar-refractivity contribution is 0.147. The van der Waals surface area contributed by atoms with Crippen molar-refractivity contribution < 1.29 is 14.3 Å². The molecule has 0 aromatic heterocycles. The Kier molecular flexibility index (Phi) is 6.76. The summed E-state index contributed by atoms with van der Waals surface area (Å²) < 4.78 is 10.2. The minimum Gasteiger partial charge on any atom is -0.497 e. The van der Waals surface area contributed by atoms with Gasteiger partial charge in [0.1, 0.15) is 5.75 Å². The minimum atomic E-state index is -0.402. The third kappa shape index (κ3) is 6.20. The molecular formula is C18H20ClNO3. The number of amides is 1. The molecule has 0 radical (unpaired) electrons. The van der Waals surface area contributed by atoms with Crippen molar-refractivity contribution >= 4 is 17.7 Å². The zero-order valence-electron chi connectivity index (χ0n) is 13.0. The van der Waals surface area contributed by atoms with E-state index in [0.717, 1.165) is 23.3 Å². The first kappa shape index (κ1) is 17.2. The molecule has 0 fully saturated rings. The average Bonchev–Trinajstić information content (AvgIpc) is 2.55. The molecule has 0 saturated carbocycles. The Bertz CT molecular complexity index is 628. The average molecular weight is 334 g/mol. The molecule has 0 atom stereocenters. The summed E-state index contributed by atoms with van der Waals surface area (Å²) in [5.74, 6) is 0.821. The fourth-order valence-corrected chi connectivity index (χ4v) is 2.32. The lowest BCUT2D eigenvalue weighted by Crippen LogP contribution is -2.27. The number of halogens is 1. The van der Waals surface area contributed by atoms with Crippen LogP contribution in [0.1, 0.15) is 11.1 Å². The third-order valence-corrected chi connectivity index (χ3v) is 3.59. The van der Waals surface area contributed by atoms with Crippen molar-refractivity contribution in [3.8, 4) is 5.75 Å². The van der Waals surface area contributed by atoms with Gasteiger partial charge in [-0.2, -0.15) is 0 Å². The van der Waals surface area contributed by atoms with Crippen molar-refractivity contribution in [1.29, 1.82) is 0 Å². The highest BCUT2D eigenvalue weighted by atomic mass is 35.5. The van der Waals surface area contributed by atoms with E-state index in [4.69, 9.17) is 21.1 Å². The SMILES string of the molecule is COc1ccc(CCNC(=O)OCCc2cccc(Cl)c2)cc1. The molecule has 2 aromatic rings. The number of carbonyl (C=O) groups is 1. The van der Waals surface area contributed by atoms with Crippen LogP contribution in [0.2, 0.25) is 5.02 Å². The highest BCUT2D eigenvalue weighted by Gasteiger charge is 2.02. The largest absolute Gasteiger partial charge is 0.497 e. The zero-order valence-corrected chi connectivity index (χ0v) is 13.8. The number of rotatable bonds is 7. The van der Waals surface area contributed by atoms with Crippen LogP contribution in [-0.4, -0.2) is 26.4 Å². The molecule has 0 aliphatic heterocycles. The first-order chi connectivity index (χ1) is 11.2. The number of hydrogen-bond donors (Lipinski definition) is 1. The van der Waals surface area contributed by atoms with Crippen molar-refractivity contribution in [2.24, 2.45) is 0 Å². The second kappa shape index (κ2) is 9.06. The number of carbonyl (C=O) groups excluding carboxylic acids is 1. The molecule has 0 aliphatic carbocycles. The predicted octanol–water partition coefficient (Wildman–Crippen LogP) is 3.86. The Hall–Kier alpha value is -2.20. The predicted molar refractivity (Wildman–Crippen MR) is 91.2 cm³/mol. The van der Waals surface area contributed by atoms with Crippen molar-refractivity contribution in [2.45, 2.75) is 12.8 Å². The molecule has 0 bridgehead atoms. The van der Waals surface area contributed by atoms with E-state index in [2.05, 4.69) is 5.32 Å². The first-order valence-electron chi connectivity index (χ1n) is 7.45. The lowest BCUT2D eigenvalue weighted by Gasteiger charge is -2.08. The van der Waals surface area contributed by atoms with E-state index >= 15 is 0 Å². The number of hydrogen-bond acceptors (Lipinski definition) is 3. The summed E-state index contributed by atoms with van der Waals surface area (Å²) in [6.07, 6.45) is 0.986. The summed E-state index contributed by atoms with van der Waals surface area (Å²) in [5.41, 5.74) is 2.17. The molecule has 1 N–H and O–H groups in total. The quantitative estimate of drug-likeness (QED) is 0.837. The minimum absolute atomic E-state index is 0.328. The van der Waals surface area contributed by atoms with Crippen molar-refractivity contribution in [1.82, 2.24) is 5.32 Å². The summed E-state index contributed by atoms with van der Waals surface area (Å²) in [5, 5.41) is 3.43. The molecular weight excluding hydrogens is 314 g/mol. The van der Waals surface area contributed by atoms with Crippen molar-refractivity contribution in [3.63, 3.8) is 0 Å². The number of alkyl carbamates (subject to hydrolysis) is 1. The van der Waals surface area contributed by atoms with Gasteiger partial charge in [0.15, 0.2) is 0 Å². The van der Waals surface area contributed by atoms with Crippen LogP contribution in [0.5, 0.6) is 5.75 Å². The van der Waals surface area contributed by atoms with Gasteiger partial charge in [0.2, 0.25) is 0 Å². The van der Waals surface area contributed by atoms with E-state index in [9.17, 15) is 4.79 Å². The number of nitrogens with one attached hydrogen (secondary N) is 1. The number of ether oxygens (including phenoxy) is 2.